The van der Waals surface area contributed by atoms with Crippen LogP contribution in [0.3, 0.4) is 0 Å². The van der Waals surface area contributed by atoms with E-state index in [1.165, 1.54) is 7.05 Å². The van der Waals surface area contributed by atoms with E-state index in [4.69, 9.17) is 4.74 Å². The summed E-state index contributed by atoms with van der Waals surface area (Å²) < 4.78 is 4.85. The molecule has 0 spiro atoms. The zero-order valence-electron chi connectivity index (χ0n) is 6.24. The Kier molecular flexibility index (Phi) is 5.38. The summed E-state index contributed by atoms with van der Waals surface area (Å²) >= 11 is 0. The third kappa shape index (κ3) is 3.04. The van der Waals surface area contributed by atoms with Gasteiger partial charge in [-0.1, -0.05) is 0 Å². The minimum Gasteiger partial charge on any atom is -0.495 e. The van der Waals surface area contributed by atoms with Crippen LogP contribution >= 0.6 is 0 Å². The third-order valence-corrected chi connectivity index (χ3v) is 0.870. The van der Waals surface area contributed by atoms with Crippen LogP contribution < -0.4 is 10.5 Å². The van der Waals surface area contributed by atoms with Gasteiger partial charge in [0.1, 0.15) is 5.75 Å². The van der Waals surface area contributed by atoms with Crippen molar-refractivity contribution in [1.82, 2.24) is 4.98 Å². The molecule has 0 saturated carbocycles. The fourth-order valence-corrected chi connectivity index (χ4v) is 0.468. The van der Waals surface area contributed by atoms with Crippen molar-refractivity contribution in [2.75, 3.05) is 14.2 Å². The van der Waals surface area contributed by atoms with Gasteiger partial charge < -0.3 is 10.5 Å². The van der Waals surface area contributed by atoms with Crippen molar-refractivity contribution in [1.29, 1.82) is 0 Å². The first kappa shape index (κ1) is 8.91. The standard InChI is InChI=1S/C6H7NO.CH5N/c1-8-6-3-2-4-7-5-6;1-2/h2-5H,1H3;2H2,1H3. The number of hydrogen-bond acceptors (Lipinski definition) is 3. The average molecular weight is 140 g/mol. The summed E-state index contributed by atoms with van der Waals surface area (Å²) in [7, 11) is 3.12. The molecular formula is C7H12N2O. The lowest BCUT2D eigenvalue weighted by atomic mass is 10.5. The number of ether oxygens (including phenoxy) is 1. The van der Waals surface area contributed by atoms with Gasteiger partial charge in [-0.2, -0.15) is 0 Å². The van der Waals surface area contributed by atoms with E-state index in [2.05, 4.69) is 10.7 Å². The molecule has 0 radical (unpaired) electrons. The Balaban J connectivity index is 0.000000371. The first-order valence-electron chi connectivity index (χ1n) is 2.95. The van der Waals surface area contributed by atoms with Crippen LogP contribution in [-0.2, 0) is 0 Å². The van der Waals surface area contributed by atoms with Crippen LogP contribution in [0.15, 0.2) is 24.5 Å². The van der Waals surface area contributed by atoms with E-state index in [9.17, 15) is 0 Å². The Labute approximate surface area is 60.8 Å². The molecule has 0 atom stereocenters. The number of methoxy groups -OCH3 is 1. The predicted molar refractivity (Wildman–Crippen MR) is 40.9 cm³/mol. The fourth-order valence-electron chi connectivity index (χ4n) is 0.468. The van der Waals surface area contributed by atoms with Crippen molar-refractivity contribution in [3.63, 3.8) is 0 Å². The molecule has 1 aromatic rings. The Morgan fingerprint density at radius 3 is 2.50 bits per heavy atom. The van der Waals surface area contributed by atoms with E-state index in [1.54, 1.807) is 19.5 Å². The maximum Gasteiger partial charge on any atom is 0.137 e. The van der Waals surface area contributed by atoms with Gasteiger partial charge in [-0.3, -0.25) is 4.98 Å². The van der Waals surface area contributed by atoms with Crippen LogP contribution in [0.25, 0.3) is 0 Å². The second-order valence-corrected chi connectivity index (χ2v) is 1.39. The zero-order chi connectivity index (χ0) is 7.82. The summed E-state index contributed by atoms with van der Waals surface area (Å²) in [6.07, 6.45) is 3.38. The highest BCUT2D eigenvalue weighted by molar-refractivity contribution is 5.14. The summed E-state index contributed by atoms with van der Waals surface area (Å²) in [6, 6.07) is 3.69. The van der Waals surface area contributed by atoms with Gasteiger partial charge in [0.15, 0.2) is 0 Å². The quantitative estimate of drug-likeness (QED) is 0.623. The monoisotopic (exact) mass is 140 g/mol. The van der Waals surface area contributed by atoms with Gasteiger partial charge in [0, 0.05) is 6.20 Å². The first-order chi connectivity index (χ1) is 4.93. The Morgan fingerprint density at radius 1 is 1.50 bits per heavy atom. The fraction of sp³-hybridized carbons (Fsp3) is 0.286. The molecule has 1 rings (SSSR count). The maximum atomic E-state index is 4.85. The summed E-state index contributed by atoms with van der Waals surface area (Å²) in [4.78, 5) is 3.83. The molecule has 0 bridgehead atoms. The van der Waals surface area contributed by atoms with Gasteiger partial charge in [-0.15, -0.1) is 0 Å². The van der Waals surface area contributed by atoms with Gasteiger partial charge in [0.05, 0.1) is 13.3 Å². The summed E-state index contributed by atoms with van der Waals surface area (Å²) in [6.45, 7) is 0. The lowest BCUT2D eigenvalue weighted by Gasteiger charge is -1.93. The SMILES string of the molecule is CN.COc1cccnc1. The van der Waals surface area contributed by atoms with Gasteiger partial charge in [0.2, 0.25) is 0 Å². The van der Waals surface area contributed by atoms with Crippen molar-refractivity contribution in [2.24, 2.45) is 5.73 Å². The largest absolute Gasteiger partial charge is 0.495 e. The molecule has 0 aliphatic rings. The molecular weight excluding hydrogens is 128 g/mol. The number of nitrogens with two attached hydrogens (primary N) is 1. The molecule has 56 valence electrons. The van der Waals surface area contributed by atoms with E-state index in [0.717, 1.165) is 5.75 Å². The van der Waals surface area contributed by atoms with Crippen LogP contribution in [0.4, 0.5) is 0 Å². The summed E-state index contributed by atoms with van der Waals surface area (Å²) in [5, 5.41) is 0. The van der Waals surface area contributed by atoms with E-state index >= 15 is 0 Å². The molecule has 0 unspecified atom stereocenters. The Hall–Kier alpha value is -1.09. The molecule has 0 saturated heterocycles. The third-order valence-electron chi connectivity index (χ3n) is 0.870. The van der Waals surface area contributed by atoms with E-state index in [-0.39, 0.29) is 0 Å². The summed E-state index contributed by atoms with van der Waals surface area (Å²) in [5.74, 6) is 0.799. The second-order valence-electron chi connectivity index (χ2n) is 1.39. The van der Waals surface area contributed by atoms with Gasteiger partial charge in [-0.25, -0.2) is 0 Å². The molecule has 0 fully saturated rings. The van der Waals surface area contributed by atoms with Gasteiger partial charge in [0.25, 0.3) is 0 Å². The van der Waals surface area contributed by atoms with Crippen LogP contribution in [0.2, 0.25) is 0 Å². The van der Waals surface area contributed by atoms with Crippen molar-refractivity contribution in [3.8, 4) is 5.75 Å². The average Bonchev–Trinajstić information content (AvgIpc) is 2.10. The van der Waals surface area contributed by atoms with Gasteiger partial charge >= 0.3 is 0 Å². The molecule has 3 nitrogen and oxygen atoms in total. The molecule has 0 aromatic carbocycles. The maximum absolute atomic E-state index is 4.85. The number of nitrogens with zero attached hydrogens (tertiary/aromatic N) is 1. The minimum absolute atomic E-state index is 0.799. The minimum atomic E-state index is 0.799. The Bertz CT molecular complexity index is 153. The molecule has 1 aromatic heterocycles. The molecule has 10 heavy (non-hydrogen) atoms. The van der Waals surface area contributed by atoms with Crippen molar-refractivity contribution < 1.29 is 4.74 Å². The molecule has 0 aliphatic heterocycles. The number of rotatable bonds is 1. The topological polar surface area (TPSA) is 48.1 Å². The highest BCUT2D eigenvalue weighted by Crippen LogP contribution is 2.02. The normalized spacial score (nSPS) is 7.50. The number of hydrogen-bond donors (Lipinski definition) is 1. The number of aromatic nitrogens is 1. The lowest BCUT2D eigenvalue weighted by Crippen LogP contribution is -1.80. The van der Waals surface area contributed by atoms with Gasteiger partial charge in [-0.05, 0) is 19.2 Å². The highest BCUT2D eigenvalue weighted by Gasteiger charge is 1.81. The van der Waals surface area contributed by atoms with Crippen LogP contribution in [0.1, 0.15) is 0 Å². The highest BCUT2D eigenvalue weighted by atomic mass is 16.5. The lowest BCUT2D eigenvalue weighted by molar-refractivity contribution is 0.413. The second kappa shape index (κ2) is 6.04. The first-order valence-corrected chi connectivity index (χ1v) is 2.95. The van der Waals surface area contributed by atoms with Crippen LogP contribution in [-0.4, -0.2) is 19.1 Å². The molecule has 1 heterocycles. The predicted octanol–water partition coefficient (Wildman–Crippen LogP) is 0.665. The molecule has 3 heteroatoms. The smallest absolute Gasteiger partial charge is 0.137 e. The Morgan fingerprint density at radius 2 is 2.20 bits per heavy atom. The van der Waals surface area contributed by atoms with E-state index < -0.39 is 0 Å². The molecule has 0 aliphatic carbocycles. The van der Waals surface area contributed by atoms with Crippen molar-refractivity contribution in [3.05, 3.63) is 24.5 Å². The van der Waals surface area contributed by atoms with Crippen molar-refractivity contribution >= 4 is 0 Å². The molecule has 2 N–H and O–H groups in total. The molecule has 0 amide bonds. The summed E-state index contributed by atoms with van der Waals surface area (Å²) in [5.41, 5.74) is 4.50. The van der Waals surface area contributed by atoms with Crippen LogP contribution in [0, 0.1) is 0 Å². The van der Waals surface area contributed by atoms with E-state index in [1.807, 2.05) is 12.1 Å². The number of pyridine rings is 1. The van der Waals surface area contributed by atoms with Crippen LogP contribution in [0.5, 0.6) is 5.75 Å². The zero-order valence-corrected chi connectivity index (χ0v) is 6.24. The van der Waals surface area contributed by atoms with Crippen molar-refractivity contribution in [2.45, 2.75) is 0 Å². The van der Waals surface area contributed by atoms with E-state index in [0.29, 0.717) is 0 Å².